The molecule has 2 aromatic rings. The van der Waals surface area contributed by atoms with Crippen LogP contribution in [0.4, 0.5) is 0 Å². The van der Waals surface area contributed by atoms with E-state index in [1.165, 1.54) is 59.8 Å². The van der Waals surface area contributed by atoms with Crippen LogP contribution >= 0.6 is 0 Å². The van der Waals surface area contributed by atoms with Crippen LogP contribution in [0.5, 0.6) is 0 Å². The molecule has 7 heteroatoms. The number of carbonyl (C=O) groups is 2. The van der Waals surface area contributed by atoms with Gasteiger partial charge >= 0.3 is 0 Å². The predicted octanol–water partition coefficient (Wildman–Crippen LogP) is 4.87. The van der Waals surface area contributed by atoms with Crippen molar-refractivity contribution in [2.75, 3.05) is 39.3 Å². The van der Waals surface area contributed by atoms with Crippen molar-refractivity contribution in [3.63, 3.8) is 0 Å². The van der Waals surface area contributed by atoms with Gasteiger partial charge in [0.15, 0.2) is 5.76 Å². The molecule has 7 rings (SSSR count). The van der Waals surface area contributed by atoms with E-state index in [9.17, 15) is 9.59 Å². The van der Waals surface area contributed by atoms with E-state index in [4.69, 9.17) is 4.74 Å². The van der Waals surface area contributed by atoms with Crippen LogP contribution in [0, 0.1) is 0 Å². The van der Waals surface area contributed by atoms with Crippen molar-refractivity contribution in [3.8, 4) is 0 Å². The van der Waals surface area contributed by atoms with Gasteiger partial charge in [-0.05, 0) is 79.9 Å². The Morgan fingerprint density at radius 2 is 1.77 bits per heavy atom. The molecule has 1 saturated carbocycles. The number of aromatic nitrogens is 1. The van der Waals surface area contributed by atoms with Gasteiger partial charge in [0.05, 0.1) is 18.8 Å². The summed E-state index contributed by atoms with van der Waals surface area (Å²) in [4.78, 5) is 32.7. The third-order valence-electron chi connectivity index (χ3n) is 9.75. The lowest BCUT2D eigenvalue weighted by Crippen LogP contribution is -2.53. The van der Waals surface area contributed by atoms with Gasteiger partial charge in [-0.15, -0.1) is 0 Å². The van der Waals surface area contributed by atoms with Crippen LogP contribution in [0.15, 0.2) is 42.4 Å². The monoisotopic (exact) mass is 528 g/mol. The van der Waals surface area contributed by atoms with Crippen molar-refractivity contribution in [2.45, 2.75) is 76.3 Å². The lowest BCUT2D eigenvalue weighted by molar-refractivity contribution is -0.137. The first kappa shape index (κ1) is 24.9. The molecule has 0 radical (unpaired) electrons. The lowest BCUT2D eigenvalue weighted by Gasteiger charge is -2.41. The van der Waals surface area contributed by atoms with E-state index in [2.05, 4.69) is 32.6 Å². The highest BCUT2D eigenvalue weighted by molar-refractivity contribution is 5.92. The number of ether oxygens (including phenoxy) is 1. The van der Waals surface area contributed by atoms with E-state index in [1.54, 1.807) is 6.26 Å². The highest BCUT2D eigenvalue weighted by Crippen LogP contribution is 2.44. The Labute approximate surface area is 231 Å². The molecule has 1 saturated heterocycles. The molecule has 2 fully saturated rings. The molecule has 1 aromatic heterocycles. The van der Waals surface area contributed by atoms with Gasteiger partial charge in [0.1, 0.15) is 0 Å². The van der Waals surface area contributed by atoms with Crippen LogP contribution in [-0.2, 0) is 27.3 Å². The summed E-state index contributed by atoms with van der Waals surface area (Å²) in [6.07, 6.45) is 16.1. The first-order valence-electron chi connectivity index (χ1n) is 15.2. The largest absolute Gasteiger partial charge is 0.460 e. The number of fused-ring (bicyclic) bond motifs is 3. The van der Waals surface area contributed by atoms with Crippen LogP contribution in [0.2, 0.25) is 0 Å². The molecule has 0 bridgehead atoms. The number of aryl methyl sites for hydroxylation is 1. The van der Waals surface area contributed by atoms with Gasteiger partial charge in [0, 0.05) is 55.9 Å². The zero-order valence-electron chi connectivity index (χ0n) is 22.9. The van der Waals surface area contributed by atoms with Gasteiger partial charge in [0.2, 0.25) is 5.91 Å². The summed E-state index contributed by atoms with van der Waals surface area (Å²) in [5.41, 5.74) is 5.79. The van der Waals surface area contributed by atoms with E-state index in [1.807, 2.05) is 17.1 Å². The van der Waals surface area contributed by atoms with Gasteiger partial charge in [-0.1, -0.05) is 25.3 Å². The molecule has 5 aliphatic rings. The Hall–Kier alpha value is -3.06. The third kappa shape index (κ3) is 4.58. The van der Waals surface area contributed by atoms with E-state index in [0.29, 0.717) is 44.4 Å². The highest BCUT2D eigenvalue weighted by atomic mass is 16.5. The first-order chi connectivity index (χ1) is 19.2. The summed E-state index contributed by atoms with van der Waals surface area (Å²) in [5.74, 6) is 1.32. The zero-order chi connectivity index (χ0) is 26.3. The molecule has 2 aliphatic carbocycles. The maximum Gasteiger partial charge on any atom is 0.289 e. The number of amides is 2. The van der Waals surface area contributed by atoms with E-state index < -0.39 is 0 Å². The number of piperazine rings is 1. The van der Waals surface area contributed by atoms with Crippen molar-refractivity contribution in [3.05, 3.63) is 59.2 Å². The van der Waals surface area contributed by atoms with Gasteiger partial charge < -0.3 is 19.1 Å². The minimum absolute atomic E-state index is 0.0458. The molecule has 206 valence electrons. The molecular weight excluding hydrogens is 488 g/mol. The molecule has 0 N–H and O–H groups in total. The molecule has 1 aromatic carbocycles. The molecule has 1 unspecified atom stereocenters. The fourth-order valence-electron chi connectivity index (χ4n) is 7.70. The molecule has 7 nitrogen and oxygen atoms in total. The number of allylic oxidation sites excluding steroid dienone is 2. The minimum atomic E-state index is -0.0458. The molecular formula is C32H40N4O3. The maximum absolute atomic E-state index is 13.7. The topological polar surface area (TPSA) is 58.0 Å². The maximum atomic E-state index is 13.7. The summed E-state index contributed by atoms with van der Waals surface area (Å²) in [7, 11) is 0. The summed E-state index contributed by atoms with van der Waals surface area (Å²) in [5, 5.41) is 1.44. The van der Waals surface area contributed by atoms with Gasteiger partial charge in [0.25, 0.3) is 5.91 Å². The Kier molecular flexibility index (Phi) is 6.71. The summed E-state index contributed by atoms with van der Waals surface area (Å²) in [6.45, 7) is 4.78. The minimum Gasteiger partial charge on any atom is -0.460 e. The first-order valence-corrected chi connectivity index (χ1v) is 15.2. The summed E-state index contributed by atoms with van der Waals surface area (Å²) < 4.78 is 7.94. The number of hydrogen-bond acceptors (Lipinski definition) is 4. The van der Waals surface area contributed by atoms with Crippen molar-refractivity contribution in [1.82, 2.24) is 19.3 Å². The Balaban J connectivity index is 1.04. The van der Waals surface area contributed by atoms with Crippen LogP contribution in [0.25, 0.3) is 10.9 Å². The van der Waals surface area contributed by atoms with Crippen molar-refractivity contribution >= 4 is 22.7 Å². The average Bonchev–Trinajstić information content (AvgIpc) is 3.32. The van der Waals surface area contributed by atoms with Crippen molar-refractivity contribution in [1.29, 1.82) is 0 Å². The molecule has 39 heavy (non-hydrogen) atoms. The van der Waals surface area contributed by atoms with E-state index in [0.717, 1.165) is 38.8 Å². The SMILES string of the molecule is O=C(C1=CCC=CO1)N1CCN(CC(=O)N2CCn3c4c(c5cc(C6CCCCC6)ccc53)CCCC42)CC1. The second kappa shape index (κ2) is 10.5. The van der Waals surface area contributed by atoms with Crippen molar-refractivity contribution < 1.29 is 14.3 Å². The summed E-state index contributed by atoms with van der Waals surface area (Å²) >= 11 is 0. The van der Waals surface area contributed by atoms with Crippen molar-refractivity contribution in [2.24, 2.45) is 0 Å². The summed E-state index contributed by atoms with van der Waals surface area (Å²) in [6, 6.07) is 7.45. The van der Waals surface area contributed by atoms with Crippen LogP contribution < -0.4 is 0 Å². The highest BCUT2D eigenvalue weighted by Gasteiger charge is 2.38. The lowest BCUT2D eigenvalue weighted by atomic mass is 9.83. The Morgan fingerprint density at radius 1 is 0.923 bits per heavy atom. The fourth-order valence-corrected chi connectivity index (χ4v) is 7.70. The zero-order valence-corrected chi connectivity index (χ0v) is 22.9. The molecule has 3 aliphatic heterocycles. The second-order valence-electron chi connectivity index (χ2n) is 12.0. The van der Waals surface area contributed by atoms with Crippen LogP contribution in [0.3, 0.4) is 0 Å². The van der Waals surface area contributed by atoms with E-state index >= 15 is 0 Å². The van der Waals surface area contributed by atoms with Crippen LogP contribution in [0.1, 0.15) is 80.1 Å². The number of carbonyl (C=O) groups excluding carboxylic acids is 2. The van der Waals surface area contributed by atoms with E-state index in [-0.39, 0.29) is 17.9 Å². The third-order valence-corrected chi connectivity index (χ3v) is 9.75. The number of nitrogens with zero attached hydrogens (tertiary/aromatic N) is 4. The predicted molar refractivity (Wildman–Crippen MR) is 151 cm³/mol. The Morgan fingerprint density at radius 3 is 2.56 bits per heavy atom. The van der Waals surface area contributed by atoms with Gasteiger partial charge in [-0.25, -0.2) is 0 Å². The molecule has 2 amide bonds. The second-order valence-corrected chi connectivity index (χ2v) is 12.0. The Bertz CT molecular complexity index is 1330. The quantitative estimate of drug-likeness (QED) is 0.568. The molecule has 0 spiro atoms. The normalized spacial score (nSPS) is 23.9. The molecule has 4 heterocycles. The smallest absolute Gasteiger partial charge is 0.289 e. The van der Waals surface area contributed by atoms with Gasteiger partial charge in [-0.3, -0.25) is 14.5 Å². The standard InChI is InChI=1S/C32H40N4O3/c37-30(22-33-14-16-34(17-15-33)32(38)29-11-4-5-20-39-29)35-18-19-36-27-13-12-24(23-7-2-1-3-8-23)21-26(27)25-9-6-10-28(35)31(25)36/h5,11-13,20-21,23,28H,1-4,6-10,14-19,22H2. The fraction of sp³-hybridized carbons (Fsp3) is 0.562. The number of hydrogen-bond donors (Lipinski definition) is 0. The van der Waals surface area contributed by atoms with Crippen LogP contribution in [-0.4, -0.2) is 70.3 Å². The van der Waals surface area contributed by atoms with Gasteiger partial charge in [-0.2, -0.15) is 0 Å². The molecule has 1 atom stereocenters. The number of rotatable bonds is 4. The average molecular weight is 529 g/mol. The number of benzene rings is 1.